The molecule has 0 saturated heterocycles. The van der Waals surface area contributed by atoms with Crippen LogP contribution < -0.4 is 11.1 Å². The van der Waals surface area contributed by atoms with Gasteiger partial charge in [-0.3, -0.25) is 4.79 Å². The highest BCUT2D eigenvalue weighted by atomic mass is 79.9. The summed E-state index contributed by atoms with van der Waals surface area (Å²) in [5, 5.41) is 3.43. The lowest BCUT2D eigenvalue weighted by molar-refractivity contribution is 0.0940. The van der Waals surface area contributed by atoms with Gasteiger partial charge in [0.15, 0.2) is 0 Å². The maximum absolute atomic E-state index is 12.2. The molecule has 0 radical (unpaired) electrons. The Morgan fingerprint density at radius 1 is 1.30 bits per heavy atom. The minimum atomic E-state index is -0.220. The number of hydrogen-bond donors (Lipinski definition) is 2. The average Bonchev–Trinajstić information content (AvgIpc) is 2.38. The van der Waals surface area contributed by atoms with Gasteiger partial charge in [-0.1, -0.05) is 45.7 Å². The molecule has 2 aromatic rings. The van der Waals surface area contributed by atoms with E-state index in [1.807, 2.05) is 31.2 Å². The summed E-state index contributed by atoms with van der Waals surface area (Å²) in [6.07, 6.45) is 0. The van der Waals surface area contributed by atoms with Crippen LogP contribution >= 0.6 is 27.5 Å². The van der Waals surface area contributed by atoms with E-state index < -0.39 is 0 Å². The molecule has 20 heavy (non-hydrogen) atoms. The van der Waals surface area contributed by atoms with Crippen molar-refractivity contribution < 1.29 is 4.79 Å². The van der Waals surface area contributed by atoms with Crippen molar-refractivity contribution in [3.05, 3.63) is 63.1 Å². The fourth-order valence-electron chi connectivity index (χ4n) is 1.92. The molecule has 0 aliphatic carbocycles. The van der Waals surface area contributed by atoms with Crippen LogP contribution in [0.3, 0.4) is 0 Å². The van der Waals surface area contributed by atoms with Crippen LogP contribution in [0.5, 0.6) is 0 Å². The van der Waals surface area contributed by atoms with Gasteiger partial charge in [0.1, 0.15) is 0 Å². The van der Waals surface area contributed by atoms with E-state index in [1.165, 1.54) is 0 Å². The lowest BCUT2D eigenvalue weighted by Crippen LogP contribution is -2.27. The number of rotatable bonds is 3. The Labute approximate surface area is 131 Å². The van der Waals surface area contributed by atoms with Crippen LogP contribution in [0.25, 0.3) is 0 Å². The predicted molar refractivity (Wildman–Crippen MR) is 85.9 cm³/mol. The monoisotopic (exact) mass is 352 g/mol. The third-order valence-electron chi connectivity index (χ3n) is 2.98. The summed E-state index contributed by atoms with van der Waals surface area (Å²) in [5.41, 5.74) is 7.61. The molecule has 0 heterocycles. The molecule has 0 bridgehead atoms. The molecule has 104 valence electrons. The van der Waals surface area contributed by atoms with Gasteiger partial charge in [0.05, 0.1) is 11.6 Å². The summed E-state index contributed by atoms with van der Waals surface area (Å²) in [6, 6.07) is 12.5. The fraction of sp³-hybridized carbons (Fsp3) is 0.133. The standard InChI is InChI=1S/C15H14BrClN2O/c1-9(11-4-2-3-5-13(11)16)19-15(20)12-7-6-10(17)8-14(12)18/h2-9H,18H2,1H3,(H,19,20)/t9-/m0/s1. The number of anilines is 1. The van der Waals surface area contributed by atoms with Crippen LogP contribution in [0.4, 0.5) is 5.69 Å². The molecule has 3 N–H and O–H groups in total. The highest BCUT2D eigenvalue weighted by Crippen LogP contribution is 2.24. The van der Waals surface area contributed by atoms with Crippen LogP contribution in [0.2, 0.25) is 5.02 Å². The van der Waals surface area contributed by atoms with Gasteiger partial charge in [-0.05, 0) is 36.8 Å². The second-order valence-electron chi connectivity index (χ2n) is 4.45. The molecule has 0 aliphatic heterocycles. The molecule has 2 aromatic carbocycles. The van der Waals surface area contributed by atoms with E-state index in [2.05, 4.69) is 21.2 Å². The summed E-state index contributed by atoms with van der Waals surface area (Å²) in [6.45, 7) is 1.92. The van der Waals surface area contributed by atoms with Gasteiger partial charge in [-0.25, -0.2) is 0 Å². The number of nitrogens with one attached hydrogen (secondary N) is 1. The van der Waals surface area contributed by atoms with Gasteiger partial charge < -0.3 is 11.1 Å². The van der Waals surface area contributed by atoms with E-state index in [0.29, 0.717) is 16.3 Å². The molecule has 0 aromatic heterocycles. The van der Waals surface area contributed by atoms with E-state index in [9.17, 15) is 4.79 Å². The summed E-state index contributed by atoms with van der Waals surface area (Å²) < 4.78 is 0.955. The van der Waals surface area contributed by atoms with Gasteiger partial charge in [0.25, 0.3) is 5.91 Å². The molecule has 0 spiro atoms. The Hall–Kier alpha value is -1.52. The van der Waals surface area contributed by atoms with Crippen molar-refractivity contribution in [2.75, 3.05) is 5.73 Å². The summed E-state index contributed by atoms with van der Waals surface area (Å²) in [7, 11) is 0. The van der Waals surface area contributed by atoms with E-state index in [-0.39, 0.29) is 11.9 Å². The van der Waals surface area contributed by atoms with Gasteiger partial charge in [-0.2, -0.15) is 0 Å². The van der Waals surface area contributed by atoms with Gasteiger partial charge in [0.2, 0.25) is 0 Å². The molecule has 2 rings (SSSR count). The Balaban J connectivity index is 2.17. The van der Waals surface area contributed by atoms with Crippen LogP contribution in [-0.2, 0) is 0 Å². The highest BCUT2D eigenvalue weighted by Gasteiger charge is 2.15. The van der Waals surface area contributed by atoms with Crippen LogP contribution in [0.15, 0.2) is 46.9 Å². The zero-order valence-corrected chi connectivity index (χ0v) is 13.2. The molecular formula is C15H14BrClN2O. The minimum Gasteiger partial charge on any atom is -0.398 e. The van der Waals surface area contributed by atoms with Crippen molar-refractivity contribution in [2.45, 2.75) is 13.0 Å². The normalized spacial score (nSPS) is 11.9. The van der Waals surface area contributed by atoms with Crippen molar-refractivity contribution in [1.82, 2.24) is 5.32 Å². The predicted octanol–water partition coefficient (Wildman–Crippen LogP) is 4.18. The maximum Gasteiger partial charge on any atom is 0.253 e. The highest BCUT2D eigenvalue weighted by molar-refractivity contribution is 9.10. The lowest BCUT2D eigenvalue weighted by Gasteiger charge is -2.16. The first-order chi connectivity index (χ1) is 9.49. The fourth-order valence-corrected chi connectivity index (χ4v) is 2.73. The first kappa shape index (κ1) is 14.9. The topological polar surface area (TPSA) is 55.1 Å². The molecule has 0 aliphatic rings. The third-order valence-corrected chi connectivity index (χ3v) is 3.93. The van der Waals surface area contributed by atoms with Crippen LogP contribution in [0, 0.1) is 0 Å². The molecule has 0 unspecified atom stereocenters. The molecular weight excluding hydrogens is 340 g/mol. The Morgan fingerprint density at radius 3 is 2.65 bits per heavy atom. The molecule has 1 atom stereocenters. The van der Waals surface area contributed by atoms with Crippen LogP contribution in [0.1, 0.15) is 28.9 Å². The number of hydrogen-bond acceptors (Lipinski definition) is 2. The third kappa shape index (κ3) is 3.32. The van der Waals surface area contributed by atoms with Crippen molar-refractivity contribution in [1.29, 1.82) is 0 Å². The van der Waals surface area contributed by atoms with Crippen molar-refractivity contribution in [3.8, 4) is 0 Å². The number of amides is 1. The van der Waals surface area contributed by atoms with Crippen molar-refractivity contribution in [3.63, 3.8) is 0 Å². The smallest absolute Gasteiger partial charge is 0.253 e. The Bertz CT molecular complexity index is 646. The van der Waals surface area contributed by atoms with E-state index in [1.54, 1.807) is 18.2 Å². The number of benzene rings is 2. The van der Waals surface area contributed by atoms with Gasteiger partial charge in [-0.15, -0.1) is 0 Å². The molecule has 0 fully saturated rings. The maximum atomic E-state index is 12.2. The van der Waals surface area contributed by atoms with Gasteiger partial charge in [0, 0.05) is 15.2 Å². The van der Waals surface area contributed by atoms with Crippen LogP contribution in [-0.4, -0.2) is 5.91 Å². The zero-order chi connectivity index (χ0) is 14.7. The Morgan fingerprint density at radius 2 is 2.00 bits per heavy atom. The van der Waals surface area contributed by atoms with E-state index in [4.69, 9.17) is 17.3 Å². The average molecular weight is 354 g/mol. The summed E-state index contributed by atoms with van der Waals surface area (Å²) in [4.78, 5) is 12.2. The minimum absolute atomic E-state index is 0.131. The molecule has 1 amide bonds. The van der Waals surface area contributed by atoms with E-state index >= 15 is 0 Å². The van der Waals surface area contributed by atoms with Gasteiger partial charge >= 0.3 is 0 Å². The molecule has 5 heteroatoms. The second kappa shape index (κ2) is 6.29. The number of halogens is 2. The first-order valence-corrected chi connectivity index (χ1v) is 7.26. The second-order valence-corrected chi connectivity index (χ2v) is 5.74. The number of nitrogens with two attached hydrogens (primary N) is 1. The first-order valence-electron chi connectivity index (χ1n) is 6.09. The largest absolute Gasteiger partial charge is 0.398 e. The summed E-state index contributed by atoms with van der Waals surface area (Å²) >= 11 is 9.30. The number of carbonyl (C=O) groups excluding carboxylic acids is 1. The quantitative estimate of drug-likeness (QED) is 0.813. The molecule has 3 nitrogen and oxygen atoms in total. The SMILES string of the molecule is C[C@H](NC(=O)c1ccc(Cl)cc1N)c1ccccc1Br. The zero-order valence-electron chi connectivity index (χ0n) is 10.9. The molecule has 0 saturated carbocycles. The Kier molecular flexibility index (Phi) is 4.68. The summed E-state index contributed by atoms with van der Waals surface area (Å²) in [5.74, 6) is -0.220. The van der Waals surface area contributed by atoms with Crippen molar-refractivity contribution in [2.24, 2.45) is 0 Å². The number of nitrogen functional groups attached to an aromatic ring is 1. The van der Waals surface area contributed by atoms with E-state index in [0.717, 1.165) is 10.0 Å². The number of carbonyl (C=O) groups is 1. The lowest BCUT2D eigenvalue weighted by atomic mass is 10.1. The van der Waals surface area contributed by atoms with Crippen molar-refractivity contribution >= 4 is 39.1 Å².